The Kier molecular flexibility index (Phi) is 3.72. The molecule has 0 bridgehead atoms. The van der Waals surface area contributed by atoms with Gasteiger partial charge in [0.05, 0.1) is 0 Å². The van der Waals surface area contributed by atoms with Crippen LogP contribution >= 0.6 is 0 Å². The van der Waals surface area contributed by atoms with Crippen LogP contribution in [0.15, 0.2) is 11.8 Å². The molecule has 100 valence electrons. The zero-order valence-corrected chi connectivity index (χ0v) is 11.3. The minimum Gasteiger partial charge on any atom is -0.373 e. The van der Waals surface area contributed by atoms with Gasteiger partial charge in [0, 0.05) is 30.3 Å². The lowest BCUT2D eigenvalue weighted by molar-refractivity contribution is -0.105. The standard InChI is InChI=1S/C16H25NO/c18-12-14-11-17(10-13-6-2-1-3-7-13)16-9-5-4-8-15(14)16/h11-13,15-16H,1-10H2. The van der Waals surface area contributed by atoms with E-state index in [1.165, 1.54) is 64.3 Å². The van der Waals surface area contributed by atoms with Crippen molar-refractivity contribution in [3.63, 3.8) is 0 Å². The number of hydrogen-bond donors (Lipinski definition) is 0. The zero-order valence-electron chi connectivity index (χ0n) is 11.3. The molecule has 18 heavy (non-hydrogen) atoms. The quantitative estimate of drug-likeness (QED) is 0.711. The first kappa shape index (κ1) is 12.3. The molecule has 1 aliphatic heterocycles. The fourth-order valence-corrected chi connectivity index (χ4v) is 4.25. The summed E-state index contributed by atoms with van der Waals surface area (Å²) in [6.45, 7) is 1.21. The van der Waals surface area contributed by atoms with Gasteiger partial charge in [0.15, 0.2) is 0 Å². The largest absolute Gasteiger partial charge is 0.373 e. The van der Waals surface area contributed by atoms with E-state index in [0.29, 0.717) is 12.0 Å². The Bertz CT molecular complexity index is 330. The highest BCUT2D eigenvalue weighted by atomic mass is 16.1. The molecule has 0 radical (unpaired) electrons. The van der Waals surface area contributed by atoms with Gasteiger partial charge in [-0.3, -0.25) is 4.79 Å². The van der Waals surface area contributed by atoms with Crippen LogP contribution in [0.25, 0.3) is 0 Å². The van der Waals surface area contributed by atoms with Crippen molar-refractivity contribution in [3.05, 3.63) is 11.8 Å². The van der Waals surface area contributed by atoms with E-state index in [1.807, 2.05) is 0 Å². The lowest BCUT2D eigenvalue weighted by Crippen LogP contribution is -2.37. The van der Waals surface area contributed by atoms with Gasteiger partial charge in [-0.2, -0.15) is 0 Å². The first-order valence-electron chi connectivity index (χ1n) is 7.81. The highest BCUT2D eigenvalue weighted by Gasteiger charge is 2.37. The summed E-state index contributed by atoms with van der Waals surface area (Å²) < 4.78 is 0. The second-order valence-corrected chi connectivity index (χ2v) is 6.41. The van der Waals surface area contributed by atoms with Gasteiger partial charge in [0.1, 0.15) is 6.29 Å². The fraction of sp³-hybridized carbons (Fsp3) is 0.812. The van der Waals surface area contributed by atoms with Crippen molar-refractivity contribution in [2.24, 2.45) is 11.8 Å². The fourth-order valence-electron chi connectivity index (χ4n) is 4.25. The molecule has 2 fully saturated rings. The van der Waals surface area contributed by atoms with E-state index in [1.54, 1.807) is 0 Å². The van der Waals surface area contributed by atoms with Crippen LogP contribution in [0.2, 0.25) is 0 Å². The molecule has 2 heteroatoms. The van der Waals surface area contributed by atoms with Crippen LogP contribution in [0, 0.1) is 11.8 Å². The van der Waals surface area contributed by atoms with E-state index in [0.717, 1.165) is 17.8 Å². The van der Waals surface area contributed by atoms with Crippen LogP contribution < -0.4 is 0 Å². The van der Waals surface area contributed by atoms with Crippen LogP contribution in [-0.4, -0.2) is 23.8 Å². The number of hydrogen-bond acceptors (Lipinski definition) is 2. The monoisotopic (exact) mass is 247 g/mol. The van der Waals surface area contributed by atoms with Crippen LogP contribution in [0.1, 0.15) is 57.8 Å². The van der Waals surface area contributed by atoms with Crippen LogP contribution in [0.4, 0.5) is 0 Å². The normalized spacial score (nSPS) is 33.1. The third-order valence-corrected chi connectivity index (χ3v) is 5.23. The summed E-state index contributed by atoms with van der Waals surface area (Å²) >= 11 is 0. The summed E-state index contributed by atoms with van der Waals surface area (Å²) in [4.78, 5) is 13.7. The molecule has 2 aliphatic carbocycles. The molecule has 0 spiro atoms. The predicted octanol–water partition coefficient (Wildman–Crippen LogP) is 3.52. The van der Waals surface area contributed by atoms with Crippen molar-refractivity contribution in [1.29, 1.82) is 0 Å². The average molecular weight is 247 g/mol. The molecule has 3 rings (SSSR count). The van der Waals surface area contributed by atoms with Crippen molar-refractivity contribution in [2.45, 2.75) is 63.8 Å². The Morgan fingerprint density at radius 2 is 1.78 bits per heavy atom. The van der Waals surface area contributed by atoms with E-state index < -0.39 is 0 Å². The van der Waals surface area contributed by atoms with Crippen molar-refractivity contribution in [3.8, 4) is 0 Å². The van der Waals surface area contributed by atoms with Gasteiger partial charge in [-0.25, -0.2) is 0 Å². The summed E-state index contributed by atoms with van der Waals surface area (Å²) in [5.41, 5.74) is 1.08. The van der Waals surface area contributed by atoms with Crippen molar-refractivity contribution >= 4 is 6.29 Å². The first-order chi connectivity index (χ1) is 8.88. The van der Waals surface area contributed by atoms with Gasteiger partial charge in [-0.1, -0.05) is 32.1 Å². The first-order valence-corrected chi connectivity index (χ1v) is 7.81. The van der Waals surface area contributed by atoms with Gasteiger partial charge in [-0.05, 0) is 31.6 Å². The lowest BCUT2D eigenvalue weighted by atomic mass is 9.81. The van der Waals surface area contributed by atoms with E-state index in [2.05, 4.69) is 11.1 Å². The average Bonchev–Trinajstić information content (AvgIpc) is 2.78. The number of carbonyl (C=O) groups is 1. The molecule has 3 aliphatic rings. The molecule has 2 unspecified atom stereocenters. The van der Waals surface area contributed by atoms with E-state index in [4.69, 9.17) is 0 Å². The number of carbonyl (C=O) groups excluding carboxylic acids is 1. The maximum absolute atomic E-state index is 11.2. The molecule has 0 aromatic carbocycles. The SMILES string of the molecule is O=CC1=CN(CC2CCCCC2)C2CCCCC12. The molecule has 0 amide bonds. The molecule has 0 aromatic heterocycles. The molecular formula is C16H25NO. The van der Waals surface area contributed by atoms with E-state index in [-0.39, 0.29) is 0 Å². The summed E-state index contributed by atoms with van der Waals surface area (Å²) in [7, 11) is 0. The van der Waals surface area contributed by atoms with Crippen LogP contribution in [0.3, 0.4) is 0 Å². The summed E-state index contributed by atoms with van der Waals surface area (Å²) in [5.74, 6) is 1.43. The maximum atomic E-state index is 11.2. The van der Waals surface area contributed by atoms with Gasteiger partial charge in [0.2, 0.25) is 0 Å². The van der Waals surface area contributed by atoms with Gasteiger partial charge in [-0.15, -0.1) is 0 Å². The van der Waals surface area contributed by atoms with Gasteiger partial charge in [0.25, 0.3) is 0 Å². The molecule has 0 N–H and O–H groups in total. The van der Waals surface area contributed by atoms with Gasteiger partial charge < -0.3 is 4.90 Å². The molecule has 1 heterocycles. The number of nitrogens with zero attached hydrogens (tertiary/aromatic N) is 1. The number of rotatable bonds is 3. The highest BCUT2D eigenvalue weighted by Crippen LogP contribution is 2.39. The van der Waals surface area contributed by atoms with Gasteiger partial charge >= 0.3 is 0 Å². The smallest absolute Gasteiger partial charge is 0.147 e. The highest BCUT2D eigenvalue weighted by molar-refractivity contribution is 5.75. The summed E-state index contributed by atoms with van der Waals surface area (Å²) in [6.07, 6.45) is 15.6. The minimum absolute atomic E-state index is 0.555. The Morgan fingerprint density at radius 1 is 1.06 bits per heavy atom. The summed E-state index contributed by atoms with van der Waals surface area (Å²) in [6, 6.07) is 0.654. The van der Waals surface area contributed by atoms with E-state index in [9.17, 15) is 4.79 Å². The van der Waals surface area contributed by atoms with Crippen LogP contribution in [0.5, 0.6) is 0 Å². The topological polar surface area (TPSA) is 20.3 Å². The third-order valence-electron chi connectivity index (χ3n) is 5.23. The predicted molar refractivity (Wildman–Crippen MR) is 73.2 cm³/mol. The maximum Gasteiger partial charge on any atom is 0.147 e. The molecular weight excluding hydrogens is 222 g/mol. The third kappa shape index (κ3) is 2.34. The van der Waals surface area contributed by atoms with Crippen molar-refractivity contribution in [1.82, 2.24) is 4.90 Å². The van der Waals surface area contributed by atoms with Crippen molar-refractivity contribution < 1.29 is 4.79 Å². The molecule has 2 atom stereocenters. The molecule has 2 saturated carbocycles. The Balaban J connectivity index is 1.66. The zero-order chi connectivity index (χ0) is 12.4. The summed E-state index contributed by atoms with van der Waals surface area (Å²) in [5, 5.41) is 0. The molecule has 0 saturated heterocycles. The van der Waals surface area contributed by atoms with Crippen LogP contribution in [-0.2, 0) is 4.79 Å². The second-order valence-electron chi connectivity index (χ2n) is 6.41. The second kappa shape index (κ2) is 5.46. The Hall–Kier alpha value is -0.790. The molecule has 2 nitrogen and oxygen atoms in total. The minimum atomic E-state index is 0.555. The number of aldehydes is 1. The molecule has 0 aromatic rings. The Morgan fingerprint density at radius 3 is 2.56 bits per heavy atom. The number of fused-ring (bicyclic) bond motifs is 1. The Labute approximate surface area is 110 Å². The van der Waals surface area contributed by atoms with E-state index >= 15 is 0 Å². The lowest BCUT2D eigenvalue weighted by Gasteiger charge is -2.36. The van der Waals surface area contributed by atoms with Crippen molar-refractivity contribution in [2.75, 3.05) is 6.54 Å².